The van der Waals surface area contributed by atoms with E-state index in [0.29, 0.717) is 17.7 Å². The van der Waals surface area contributed by atoms with Gasteiger partial charge in [-0.15, -0.1) is 0 Å². The summed E-state index contributed by atoms with van der Waals surface area (Å²) in [7, 11) is 2.16. The van der Waals surface area contributed by atoms with Crippen LogP contribution in [0.25, 0.3) is 0 Å². The van der Waals surface area contributed by atoms with Crippen LogP contribution >= 0.6 is 0 Å². The van der Waals surface area contributed by atoms with E-state index in [9.17, 15) is 4.79 Å². The second kappa shape index (κ2) is 5.78. The van der Waals surface area contributed by atoms with Crippen LogP contribution in [0.5, 0.6) is 0 Å². The van der Waals surface area contributed by atoms with Crippen LogP contribution in [0.2, 0.25) is 0 Å². The van der Waals surface area contributed by atoms with Gasteiger partial charge in [-0.3, -0.25) is 4.79 Å². The third kappa shape index (κ3) is 3.05. The number of rotatable bonds is 3. The lowest BCUT2D eigenvalue weighted by Crippen LogP contribution is -2.41. The summed E-state index contributed by atoms with van der Waals surface area (Å²) in [5.74, 6) is 0.798. The Hall–Kier alpha value is -0.410. The predicted octanol–water partition coefficient (Wildman–Crippen LogP) is 1.86. The van der Waals surface area contributed by atoms with Gasteiger partial charge in [0.15, 0.2) is 0 Å². The number of ketones is 1. The third-order valence-electron chi connectivity index (χ3n) is 4.00. The monoisotopic (exact) mass is 225 g/mol. The first-order valence-corrected chi connectivity index (χ1v) is 6.58. The van der Waals surface area contributed by atoms with Gasteiger partial charge < -0.3 is 9.64 Å². The minimum atomic E-state index is 0.307. The Balaban J connectivity index is 1.80. The van der Waals surface area contributed by atoms with Crippen LogP contribution < -0.4 is 0 Å². The van der Waals surface area contributed by atoms with Gasteiger partial charge in [-0.2, -0.15) is 0 Å². The Kier molecular flexibility index (Phi) is 4.36. The molecule has 0 spiro atoms. The highest BCUT2D eigenvalue weighted by molar-refractivity contribution is 5.81. The lowest BCUT2D eigenvalue weighted by Gasteiger charge is -2.34. The van der Waals surface area contributed by atoms with Crippen LogP contribution in [-0.2, 0) is 9.53 Å². The minimum Gasteiger partial charge on any atom is -0.381 e. The summed E-state index contributed by atoms with van der Waals surface area (Å²) in [6, 6.07) is 0.628. The summed E-state index contributed by atoms with van der Waals surface area (Å²) in [4.78, 5) is 14.1. The van der Waals surface area contributed by atoms with Crippen molar-refractivity contribution in [2.45, 2.75) is 44.6 Å². The second-order valence-corrected chi connectivity index (χ2v) is 5.19. The van der Waals surface area contributed by atoms with Crippen LogP contribution in [-0.4, -0.2) is 43.5 Å². The van der Waals surface area contributed by atoms with E-state index < -0.39 is 0 Å². The number of ether oxygens (including phenoxy) is 1. The summed E-state index contributed by atoms with van der Waals surface area (Å²) in [6.07, 6.45) is 6.50. The van der Waals surface area contributed by atoms with Gasteiger partial charge >= 0.3 is 0 Å². The molecule has 0 aromatic heterocycles. The van der Waals surface area contributed by atoms with Crippen molar-refractivity contribution >= 4 is 5.78 Å². The first-order chi connectivity index (χ1) is 7.77. The van der Waals surface area contributed by atoms with Crippen molar-refractivity contribution in [3.05, 3.63) is 0 Å². The molecule has 0 radical (unpaired) electrons. The van der Waals surface area contributed by atoms with Gasteiger partial charge in [0.05, 0.1) is 0 Å². The van der Waals surface area contributed by atoms with Gasteiger partial charge in [-0.1, -0.05) is 6.42 Å². The Bertz CT molecular complexity index is 236. The van der Waals surface area contributed by atoms with E-state index in [1.165, 1.54) is 6.42 Å². The zero-order valence-electron chi connectivity index (χ0n) is 10.3. The maximum atomic E-state index is 11.8. The van der Waals surface area contributed by atoms with Crippen molar-refractivity contribution in [2.24, 2.45) is 5.92 Å². The van der Waals surface area contributed by atoms with Gasteiger partial charge in [0.2, 0.25) is 0 Å². The molecule has 1 saturated carbocycles. The second-order valence-electron chi connectivity index (χ2n) is 5.19. The highest BCUT2D eigenvalue weighted by atomic mass is 16.5. The quantitative estimate of drug-likeness (QED) is 0.734. The molecule has 0 amide bonds. The molecule has 1 heterocycles. The molecular formula is C13H23NO2. The average molecular weight is 225 g/mol. The molecule has 1 saturated heterocycles. The van der Waals surface area contributed by atoms with E-state index in [1.807, 2.05) is 0 Å². The standard InChI is InChI=1S/C13H23NO2/c1-14(12-6-8-16-9-7-12)10-11-4-2-3-5-13(11)15/h11-12H,2-10H2,1H3. The number of hydrogen-bond acceptors (Lipinski definition) is 3. The molecule has 0 N–H and O–H groups in total. The molecule has 16 heavy (non-hydrogen) atoms. The summed E-state index contributed by atoms with van der Waals surface area (Å²) in [5, 5.41) is 0. The molecule has 0 bridgehead atoms. The first-order valence-electron chi connectivity index (χ1n) is 6.58. The summed E-state index contributed by atoms with van der Waals surface area (Å²) < 4.78 is 5.37. The van der Waals surface area contributed by atoms with Crippen molar-refractivity contribution in [2.75, 3.05) is 26.8 Å². The maximum Gasteiger partial charge on any atom is 0.137 e. The molecule has 3 nitrogen and oxygen atoms in total. The highest BCUT2D eigenvalue weighted by Gasteiger charge is 2.26. The molecule has 0 aromatic carbocycles. The Morgan fingerprint density at radius 1 is 1.25 bits per heavy atom. The summed E-state index contributed by atoms with van der Waals surface area (Å²) in [5.41, 5.74) is 0. The van der Waals surface area contributed by atoms with Gasteiger partial charge in [0.25, 0.3) is 0 Å². The average Bonchev–Trinajstić information content (AvgIpc) is 2.33. The van der Waals surface area contributed by atoms with Crippen molar-refractivity contribution in [1.82, 2.24) is 4.90 Å². The van der Waals surface area contributed by atoms with Gasteiger partial charge in [-0.25, -0.2) is 0 Å². The first kappa shape index (κ1) is 12.1. The van der Waals surface area contributed by atoms with Crippen LogP contribution in [0.4, 0.5) is 0 Å². The van der Waals surface area contributed by atoms with Crippen LogP contribution in [0.3, 0.4) is 0 Å². The maximum absolute atomic E-state index is 11.8. The molecule has 1 aliphatic carbocycles. The fourth-order valence-electron chi connectivity index (χ4n) is 2.87. The zero-order chi connectivity index (χ0) is 11.4. The molecule has 2 rings (SSSR count). The summed E-state index contributed by atoms with van der Waals surface area (Å²) >= 11 is 0. The fourth-order valence-corrected chi connectivity index (χ4v) is 2.87. The number of hydrogen-bond donors (Lipinski definition) is 0. The zero-order valence-corrected chi connectivity index (χ0v) is 10.3. The van der Waals surface area contributed by atoms with E-state index in [2.05, 4.69) is 11.9 Å². The SMILES string of the molecule is CN(CC1CCCCC1=O)C1CCOCC1. The Labute approximate surface area is 98.1 Å². The molecule has 3 heteroatoms. The van der Waals surface area contributed by atoms with Gasteiger partial charge in [-0.05, 0) is 32.7 Å². The van der Waals surface area contributed by atoms with Crippen molar-refractivity contribution < 1.29 is 9.53 Å². The molecular weight excluding hydrogens is 202 g/mol. The molecule has 0 aromatic rings. The van der Waals surface area contributed by atoms with Crippen molar-refractivity contribution in [1.29, 1.82) is 0 Å². The fraction of sp³-hybridized carbons (Fsp3) is 0.923. The Morgan fingerprint density at radius 2 is 2.00 bits per heavy atom. The molecule has 2 fully saturated rings. The van der Waals surface area contributed by atoms with E-state index >= 15 is 0 Å². The number of carbonyl (C=O) groups excluding carboxylic acids is 1. The normalized spacial score (nSPS) is 28.6. The predicted molar refractivity (Wildman–Crippen MR) is 63.4 cm³/mol. The number of carbonyl (C=O) groups is 1. The minimum absolute atomic E-state index is 0.307. The lowest BCUT2D eigenvalue weighted by atomic mass is 9.87. The van der Waals surface area contributed by atoms with Gasteiger partial charge in [0, 0.05) is 38.1 Å². The number of nitrogens with zero attached hydrogens (tertiary/aromatic N) is 1. The van der Waals surface area contributed by atoms with Crippen molar-refractivity contribution in [3.8, 4) is 0 Å². The van der Waals surface area contributed by atoms with Crippen LogP contribution in [0.15, 0.2) is 0 Å². The lowest BCUT2D eigenvalue weighted by molar-refractivity contribution is -0.125. The van der Waals surface area contributed by atoms with E-state index in [1.54, 1.807) is 0 Å². The highest BCUT2D eigenvalue weighted by Crippen LogP contribution is 2.23. The molecule has 1 unspecified atom stereocenters. The van der Waals surface area contributed by atoms with Crippen molar-refractivity contribution in [3.63, 3.8) is 0 Å². The molecule has 1 atom stereocenters. The van der Waals surface area contributed by atoms with E-state index in [-0.39, 0.29) is 0 Å². The largest absolute Gasteiger partial charge is 0.381 e. The molecule has 1 aliphatic heterocycles. The van der Waals surface area contributed by atoms with E-state index in [0.717, 1.165) is 51.9 Å². The topological polar surface area (TPSA) is 29.5 Å². The molecule has 92 valence electrons. The smallest absolute Gasteiger partial charge is 0.137 e. The third-order valence-corrected chi connectivity index (χ3v) is 4.00. The Morgan fingerprint density at radius 3 is 2.69 bits per heavy atom. The molecule has 2 aliphatic rings. The van der Waals surface area contributed by atoms with Gasteiger partial charge in [0.1, 0.15) is 5.78 Å². The number of Topliss-reactive ketones (excluding diaryl/α,β-unsaturated/α-hetero) is 1. The summed E-state index contributed by atoms with van der Waals surface area (Å²) in [6.45, 7) is 2.73. The van der Waals surface area contributed by atoms with Crippen LogP contribution in [0, 0.1) is 5.92 Å². The van der Waals surface area contributed by atoms with E-state index in [4.69, 9.17) is 4.74 Å². The van der Waals surface area contributed by atoms with Crippen LogP contribution in [0.1, 0.15) is 38.5 Å².